The van der Waals surface area contributed by atoms with Gasteiger partial charge in [0.25, 0.3) is 5.91 Å². The highest BCUT2D eigenvalue weighted by Gasteiger charge is 2.13. The van der Waals surface area contributed by atoms with Crippen LogP contribution in [0, 0.1) is 0 Å². The van der Waals surface area contributed by atoms with Crippen LogP contribution in [-0.4, -0.2) is 25.7 Å². The number of hydrogen-bond acceptors (Lipinski definition) is 5. The smallest absolute Gasteiger partial charge is 0.274 e. The summed E-state index contributed by atoms with van der Waals surface area (Å²) in [7, 11) is 0. The number of anilines is 2. The van der Waals surface area contributed by atoms with E-state index in [1.165, 1.54) is 12.4 Å². The van der Waals surface area contributed by atoms with Crippen LogP contribution in [0.2, 0.25) is 0 Å². The van der Waals surface area contributed by atoms with Gasteiger partial charge in [-0.3, -0.25) is 10.1 Å². The summed E-state index contributed by atoms with van der Waals surface area (Å²) in [6.45, 7) is 2.59. The average molecular weight is 232 g/mol. The van der Waals surface area contributed by atoms with Gasteiger partial charge in [-0.2, -0.15) is 5.10 Å². The summed E-state index contributed by atoms with van der Waals surface area (Å²) in [4.78, 5) is 15.8. The molecule has 1 amide bonds. The van der Waals surface area contributed by atoms with Crippen molar-refractivity contribution in [1.29, 1.82) is 0 Å². The van der Waals surface area contributed by atoms with Crippen LogP contribution in [0.1, 0.15) is 17.4 Å². The van der Waals surface area contributed by atoms with Crippen LogP contribution in [0.3, 0.4) is 0 Å². The molecule has 7 nitrogen and oxygen atoms in total. The van der Waals surface area contributed by atoms with Crippen molar-refractivity contribution in [3.05, 3.63) is 30.4 Å². The summed E-state index contributed by atoms with van der Waals surface area (Å²) in [6.07, 6.45) is 4.59. The van der Waals surface area contributed by atoms with E-state index in [2.05, 4.69) is 20.5 Å². The molecule has 0 radical (unpaired) electrons. The molecular formula is C10H12N6O. The Labute approximate surface area is 97.7 Å². The van der Waals surface area contributed by atoms with Gasteiger partial charge in [-0.15, -0.1) is 5.10 Å². The monoisotopic (exact) mass is 232 g/mol. The molecule has 2 aromatic rings. The lowest BCUT2D eigenvalue weighted by molar-refractivity contribution is 0.101. The average Bonchev–Trinajstić information content (AvgIpc) is 2.72. The molecule has 0 bridgehead atoms. The Morgan fingerprint density at radius 2 is 2.35 bits per heavy atom. The summed E-state index contributed by atoms with van der Waals surface area (Å²) in [5.74, 6) is -0.142. The van der Waals surface area contributed by atoms with Crippen molar-refractivity contribution in [2.75, 3.05) is 11.1 Å². The van der Waals surface area contributed by atoms with Crippen molar-refractivity contribution < 1.29 is 4.79 Å². The predicted octanol–water partition coefficient (Wildman–Crippen LogP) is 0.527. The second-order valence-electron chi connectivity index (χ2n) is 3.37. The lowest BCUT2D eigenvalue weighted by Gasteiger charge is -2.05. The van der Waals surface area contributed by atoms with E-state index >= 15 is 0 Å². The number of carbonyl (C=O) groups excluding carboxylic acids is 1. The zero-order chi connectivity index (χ0) is 12.3. The number of aromatic nitrogens is 4. The molecule has 0 aliphatic carbocycles. The molecule has 7 heteroatoms. The Morgan fingerprint density at radius 3 is 3.00 bits per heavy atom. The first-order valence-corrected chi connectivity index (χ1v) is 5.11. The van der Waals surface area contributed by atoms with E-state index in [0.717, 1.165) is 0 Å². The van der Waals surface area contributed by atoms with Crippen LogP contribution >= 0.6 is 0 Å². The Bertz CT molecular complexity index is 521. The van der Waals surface area contributed by atoms with Crippen molar-refractivity contribution >= 4 is 17.5 Å². The minimum absolute atomic E-state index is 0.167. The lowest BCUT2D eigenvalue weighted by Crippen LogP contribution is -2.18. The van der Waals surface area contributed by atoms with Gasteiger partial charge in [0.15, 0.2) is 0 Å². The molecule has 0 atom stereocenters. The normalized spacial score (nSPS) is 10.2. The fourth-order valence-corrected chi connectivity index (χ4v) is 1.46. The van der Waals surface area contributed by atoms with Gasteiger partial charge in [0, 0.05) is 12.7 Å². The standard InChI is InChI=1S/C10H12N6O/c1-2-16-6-7(11)5-8(16)9(17)14-10-12-3-4-13-15-10/h3-6H,2,11H2,1H3,(H,12,14,15,17). The maximum Gasteiger partial charge on any atom is 0.274 e. The first-order chi connectivity index (χ1) is 8.20. The molecule has 0 fully saturated rings. The molecule has 0 saturated carbocycles. The van der Waals surface area contributed by atoms with Gasteiger partial charge in [0.05, 0.1) is 18.1 Å². The van der Waals surface area contributed by atoms with E-state index in [1.54, 1.807) is 16.8 Å². The quantitative estimate of drug-likeness (QED) is 0.804. The first-order valence-electron chi connectivity index (χ1n) is 5.11. The maximum atomic E-state index is 11.9. The van der Waals surface area contributed by atoms with E-state index in [4.69, 9.17) is 5.73 Å². The fourth-order valence-electron chi connectivity index (χ4n) is 1.46. The molecule has 0 spiro atoms. The minimum atomic E-state index is -0.309. The van der Waals surface area contributed by atoms with Crippen molar-refractivity contribution in [2.24, 2.45) is 0 Å². The van der Waals surface area contributed by atoms with Crippen LogP contribution in [0.5, 0.6) is 0 Å². The lowest BCUT2D eigenvalue weighted by atomic mass is 10.4. The van der Waals surface area contributed by atoms with Gasteiger partial charge in [0.1, 0.15) is 5.69 Å². The number of nitrogens with zero attached hydrogens (tertiary/aromatic N) is 4. The number of rotatable bonds is 3. The molecule has 0 aliphatic rings. The number of nitrogen functional groups attached to an aromatic ring is 1. The second-order valence-corrected chi connectivity index (χ2v) is 3.37. The van der Waals surface area contributed by atoms with Crippen molar-refractivity contribution in [3.63, 3.8) is 0 Å². The number of amides is 1. The zero-order valence-electron chi connectivity index (χ0n) is 9.29. The summed E-state index contributed by atoms with van der Waals surface area (Å²) in [6, 6.07) is 1.61. The molecule has 3 N–H and O–H groups in total. The van der Waals surface area contributed by atoms with Gasteiger partial charge < -0.3 is 10.3 Å². The van der Waals surface area contributed by atoms with Crippen LogP contribution in [0.15, 0.2) is 24.7 Å². The highest BCUT2D eigenvalue weighted by molar-refractivity contribution is 6.02. The molecular weight excluding hydrogens is 220 g/mol. The third-order valence-corrected chi connectivity index (χ3v) is 2.20. The molecule has 0 unspecified atom stereocenters. The second kappa shape index (κ2) is 4.60. The number of nitrogens with one attached hydrogen (secondary N) is 1. The summed E-state index contributed by atoms with van der Waals surface area (Å²) >= 11 is 0. The Hall–Kier alpha value is -2.44. The summed E-state index contributed by atoms with van der Waals surface area (Å²) in [5.41, 5.74) is 6.66. The van der Waals surface area contributed by atoms with Gasteiger partial charge in [0.2, 0.25) is 5.95 Å². The van der Waals surface area contributed by atoms with Crippen molar-refractivity contribution in [2.45, 2.75) is 13.5 Å². The molecule has 88 valence electrons. The van der Waals surface area contributed by atoms with Crippen molar-refractivity contribution in [1.82, 2.24) is 19.7 Å². The van der Waals surface area contributed by atoms with Crippen LogP contribution in [-0.2, 0) is 6.54 Å². The Morgan fingerprint density at radius 1 is 1.53 bits per heavy atom. The van der Waals surface area contributed by atoms with E-state index in [0.29, 0.717) is 17.9 Å². The van der Waals surface area contributed by atoms with Gasteiger partial charge in [-0.05, 0) is 13.0 Å². The van der Waals surface area contributed by atoms with Crippen LogP contribution in [0.4, 0.5) is 11.6 Å². The molecule has 2 rings (SSSR count). The minimum Gasteiger partial charge on any atom is -0.397 e. The highest BCUT2D eigenvalue weighted by Crippen LogP contribution is 2.11. The van der Waals surface area contributed by atoms with E-state index in [-0.39, 0.29) is 11.9 Å². The van der Waals surface area contributed by atoms with E-state index < -0.39 is 0 Å². The number of hydrogen-bond donors (Lipinski definition) is 2. The molecule has 0 aromatic carbocycles. The summed E-state index contributed by atoms with van der Waals surface area (Å²) < 4.78 is 1.75. The van der Waals surface area contributed by atoms with Gasteiger partial charge >= 0.3 is 0 Å². The SMILES string of the molecule is CCn1cc(N)cc1C(=O)Nc1nccnn1. The largest absolute Gasteiger partial charge is 0.397 e. The zero-order valence-corrected chi connectivity index (χ0v) is 9.29. The number of nitrogens with two attached hydrogens (primary N) is 1. The van der Waals surface area contributed by atoms with Gasteiger partial charge in [-0.1, -0.05) is 0 Å². The molecule has 2 aromatic heterocycles. The third kappa shape index (κ3) is 2.39. The maximum absolute atomic E-state index is 11.9. The fraction of sp³-hybridized carbons (Fsp3) is 0.200. The Balaban J connectivity index is 2.20. The van der Waals surface area contributed by atoms with Crippen LogP contribution < -0.4 is 11.1 Å². The molecule has 17 heavy (non-hydrogen) atoms. The summed E-state index contributed by atoms with van der Waals surface area (Å²) in [5, 5.41) is 9.84. The molecule has 2 heterocycles. The number of aryl methyl sites for hydroxylation is 1. The Kier molecular flexibility index (Phi) is 2.99. The molecule has 0 saturated heterocycles. The van der Waals surface area contributed by atoms with Gasteiger partial charge in [-0.25, -0.2) is 4.98 Å². The topological polar surface area (TPSA) is 98.7 Å². The van der Waals surface area contributed by atoms with Crippen LogP contribution in [0.25, 0.3) is 0 Å². The predicted molar refractivity (Wildman–Crippen MR) is 62.3 cm³/mol. The van der Waals surface area contributed by atoms with Crippen molar-refractivity contribution in [3.8, 4) is 0 Å². The van der Waals surface area contributed by atoms with E-state index in [9.17, 15) is 4.79 Å². The number of carbonyl (C=O) groups is 1. The highest BCUT2D eigenvalue weighted by atomic mass is 16.2. The first kappa shape index (κ1) is 11.1. The molecule has 0 aliphatic heterocycles. The third-order valence-electron chi connectivity index (χ3n) is 2.20. The van der Waals surface area contributed by atoms with E-state index in [1.807, 2.05) is 6.92 Å².